The van der Waals surface area contributed by atoms with Crippen molar-refractivity contribution in [1.82, 2.24) is 19.3 Å². The molecule has 1 atom stereocenters. The van der Waals surface area contributed by atoms with Crippen molar-refractivity contribution >= 4 is 28.7 Å². The molecule has 0 saturated carbocycles. The summed E-state index contributed by atoms with van der Waals surface area (Å²) in [5.41, 5.74) is 3.34. The van der Waals surface area contributed by atoms with Gasteiger partial charge in [-0.3, -0.25) is 9.20 Å². The van der Waals surface area contributed by atoms with Crippen molar-refractivity contribution in [1.29, 1.82) is 0 Å². The second-order valence-corrected chi connectivity index (χ2v) is 8.47. The van der Waals surface area contributed by atoms with Gasteiger partial charge < -0.3 is 20.3 Å². The Labute approximate surface area is 202 Å². The summed E-state index contributed by atoms with van der Waals surface area (Å²) in [7, 11) is 2.06. The van der Waals surface area contributed by atoms with Crippen molar-refractivity contribution in [2.75, 3.05) is 30.8 Å². The lowest BCUT2D eigenvalue weighted by Gasteiger charge is -2.18. The van der Waals surface area contributed by atoms with E-state index in [-0.39, 0.29) is 17.8 Å². The van der Waals surface area contributed by atoms with E-state index < -0.39 is 0 Å². The number of nitrogens with zero attached hydrogens (tertiary/aromatic N) is 4. The number of hydrogen-bond donors (Lipinski definition) is 2. The SMILES string of the molecule is C=CC(=O)Nc1cc(Nc2cn3c(-c4cccc(F)c4)cnc3cn2)ccc1OC1CCN(C)C1. The number of amides is 1. The highest BCUT2D eigenvalue weighted by atomic mass is 19.1. The van der Waals surface area contributed by atoms with Crippen LogP contribution in [0.15, 0.2) is 73.7 Å². The largest absolute Gasteiger partial charge is 0.487 e. The van der Waals surface area contributed by atoms with E-state index in [4.69, 9.17) is 4.74 Å². The van der Waals surface area contributed by atoms with E-state index in [2.05, 4.69) is 39.1 Å². The van der Waals surface area contributed by atoms with E-state index >= 15 is 0 Å². The number of rotatable bonds is 7. The fourth-order valence-electron chi connectivity index (χ4n) is 4.13. The van der Waals surface area contributed by atoms with E-state index in [9.17, 15) is 9.18 Å². The van der Waals surface area contributed by atoms with Gasteiger partial charge in [-0.2, -0.15) is 0 Å². The molecular formula is C26H25FN6O2. The number of imidazole rings is 1. The maximum atomic E-state index is 13.8. The average Bonchev–Trinajstić information content (AvgIpc) is 3.46. The number of likely N-dealkylation sites (N-methyl/N-ethyl adjacent to an activating group) is 1. The van der Waals surface area contributed by atoms with Gasteiger partial charge in [0, 0.05) is 24.3 Å². The first-order valence-electron chi connectivity index (χ1n) is 11.3. The number of carbonyl (C=O) groups is 1. The smallest absolute Gasteiger partial charge is 0.247 e. The monoisotopic (exact) mass is 472 g/mol. The quantitative estimate of drug-likeness (QED) is 0.386. The van der Waals surface area contributed by atoms with Crippen molar-refractivity contribution in [3.05, 3.63) is 79.5 Å². The van der Waals surface area contributed by atoms with Gasteiger partial charge in [0.2, 0.25) is 5.91 Å². The first-order valence-corrected chi connectivity index (χ1v) is 11.3. The lowest BCUT2D eigenvalue weighted by Crippen LogP contribution is -2.22. The van der Waals surface area contributed by atoms with Crippen LogP contribution in [0.3, 0.4) is 0 Å². The van der Waals surface area contributed by atoms with Gasteiger partial charge in [-0.25, -0.2) is 14.4 Å². The Morgan fingerprint density at radius 1 is 1.23 bits per heavy atom. The molecule has 2 aromatic heterocycles. The number of hydrogen-bond acceptors (Lipinski definition) is 6. The summed E-state index contributed by atoms with van der Waals surface area (Å²) in [6.45, 7) is 5.34. The molecular weight excluding hydrogens is 447 g/mol. The molecule has 1 unspecified atom stereocenters. The molecule has 5 rings (SSSR count). The zero-order valence-electron chi connectivity index (χ0n) is 19.2. The van der Waals surface area contributed by atoms with Crippen molar-refractivity contribution in [3.8, 4) is 17.0 Å². The number of ether oxygens (including phenoxy) is 1. The van der Waals surface area contributed by atoms with Crippen LogP contribution in [-0.2, 0) is 4.79 Å². The molecule has 0 radical (unpaired) electrons. The molecule has 1 aliphatic heterocycles. The van der Waals surface area contributed by atoms with Gasteiger partial charge >= 0.3 is 0 Å². The minimum Gasteiger partial charge on any atom is -0.487 e. The fraction of sp³-hybridized carbons (Fsp3) is 0.192. The van der Waals surface area contributed by atoms with Crippen molar-refractivity contribution in [2.24, 2.45) is 0 Å². The maximum absolute atomic E-state index is 13.8. The van der Waals surface area contributed by atoms with Crippen LogP contribution in [0.5, 0.6) is 5.75 Å². The molecule has 8 nitrogen and oxygen atoms in total. The highest BCUT2D eigenvalue weighted by Crippen LogP contribution is 2.32. The lowest BCUT2D eigenvalue weighted by atomic mass is 10.1. The number of benzene rings is 2. The first-order chi connectivity index (χ1) is 17.0. The Morgan fingerprint density at radius 2 is 2.11 bits per heavy atom. The van der Waals surface area contributed by atoms with Gasteiger partial charge in [0.1, 0.15) is 23.5 Å². The van der Waals surface area contributed by atoms with E-state index in [0.29, 0.717) is 34.2 Å². The number of aromatic nitrogens is 3. The van der Waals surface area contributed by atoms with Gasteiger partial charge in [-0.05, 0) is 49.9 Å². The third kappa shape index (κ3) is 4.99. The van der Waals surface area contributed by atoms with Crippen LogP contribution >= 0.6 is 0 Å². The lowest BCUT2D eigenvalue weighted by molar-refractivity contribution is -0.111. The second-order valence-electron chi connectivity index (χ2n) is 8.47. The number of likely N-dealkylation sites (tertiary alicyclic amines) is 1. The van der Waals surface area contributed by atoms with E-state index in [1.54, 1.807) is 30.7 Å². The normalized spacial score (nSPS) is 15.8. The minimum atomic E-state index is -0.326. The van der Waals surface area contributed by atoms with Gasteiger partial charge in [0.05, 0.1) is 30.0 Å². The molecule has 0 bridgehead atoms. The standard InChI is InChI=1S/C26H25FN6O2/c1-3-26(34)31-21-12-19(7-8-23(21)35-20-9-10-32(2)15-20)30-24-16-33-22(13-29-25(33)14-28-24)17-5-4-6-18(27)11-17/h3-8,11-14,16,20,30H,1,9-10,15H2,2H3,(H,31,34). The Morgan fingerprint density at radius 3 is 2.89 bits per heavy atom. The highest BCUT2D eigenvalue weighted by Gasteiger charge is 2.22. The second kappa shape index (κ2) is 9.55. The highest BCUT2D eigenvalue weighted by molar-refractivity contribution is 6.00. The maximum Gasteiger partial charge on any atom is 0.247 e. The number of carbonyl (C=O) groups excluding carboxylic acids is 1. The van der Waals surface area contributed by atoms with E-state index in [1.165, 1.54) is 18.2 Å². The van der Waals surface area contributed by atoms with Crippen LogP contribution in [0.2, 0.25) is 0 Å². The van der Waals surface area contributed by atoms with Crippen LogP contribution in [-0.4, -0.2) is 51.4 Å². The van der Waals surface area contributed by atoms with Crippen LogP contribution in [0, 0.1) is 5.82 Å². The van der Waals surface area contributed by atoms with Crippen LogP contribution in [0.1, 0.15) is 6.42 Å². The molecule has 0 spiro atoms. The van der Waals surface area contributed by atoms with Crippen LogP contribution in [0.4, 0.5) is 21.6 Å². The first kappa shape index (κ1) is 22.5. The predicted octanol–water partition coefficient (Wildman–Crippen LogP) is 4.49. The summed E-state index contributed by atoms with van der Waals surface area (Å²) < 4.78 is 21.8. The minimum absolute atomic E-state index is 0.0600. The molecule has 35 heavy (non-hydrogen) atoms. The van der Waals surface area contributed by atoms with Crippen LogP contribution < -0.4 is 15.4 Å². The molecule has 3 heterocycles. The molecule has 0 aliphatic carbocycles. The van der Waals surface area contributed by atoms with Crippen molar-refractivity contribution in [2.45, 2.75) is 12.5 Å². The van der Waals surface area contributed by atoms with Gasteiger partial charge in [-0.1, -0.05) is 18.7 Å². The molecule has 2 N–H and O–H groups in total. The molecule has 4 aromatic rings. The Kier molecular flexibility index (Phi) is 6.15. The molecule has 178 valence electrons. The molecule has 9 heteroatoms. The molecule has 1 saturated heterocycles. The average molecular weight is 473 g/mol. The van der Waals surface area contributed by atoms with E-state index in [1.807, 2.05) is 22.6 Å². The summed E-state index contributed by atoms with van der Waals surface area (Å²) in [6, 6.07) is 11.8. The third-order valence-electron chi connectivity index (χ3n) is 5.85. The molecule has 1 amide bonds. The van der Waals surface area contributed by atoms with Gasteiger partial charge in [0.15, 0.2) is 5.65 Å². The summed E-state index contributed by atoms with van der Waals surface area (Å²) in [5, 5.41) is 6.09. The predicted molar refractivity (Wildman–Crippen MR) is 133 cm³/mol. The van der Waals surface area contributed by atoms with Crippen LogP contribution in [0.25, 0.3) is 16.9 Å². The molecule has 1 aliphatic rings. The van der Waals surface area contributed by atoms with Crippen molar-refractivity contribution in [3.63, 3.8) is 0 Å². The number of halogens is 1. The van der Waals surface area contributed by atoms with Gasteiger partial charge in [0.25, 0.3) is 0 Å². The summed E-state index contributed by atoms with van der Waals surface area (Å²) in [4.78, 5) is 23.1. The zero-order valence-corrected chi connectivity index (χ0v) is 19.2. The Bertz CT molecular complexity index is 1400. The number of nitrogens with one attached hydrogen (secondary N) is 2. The Hall–Kier alpha value is -4.24. The van der Waals surface area contributed by atoms with Gasteiger partial charge in [-0.15, -0.1) is 0 Å². The summed E-state index contributed by atoms with van der Waals surface area (Å²) >= 11 is 0. The van der Waals surface area contributed by atoms with E-state index in [0.717, 1.165) is 25.2 Å². The molecule has 1 fully saturated rings. The topological polar surface area (TPSA) is 83.8 Å². The molecule has 2 aromatic carbocycles. The third-order valence-corrected chi connectivity index (χ3v) is 5.85. The fourth-order valence-corrected chi connectivity index (χ4v) is 4.13. The summed E-state index contributed by atoms with van der Waals surface area (Å²) in [5.74, 6) is 0.511. The Balaban J connectivity index is 1.43. The number of fused-ring (bicyclic) bond motifs is 1. The summed E-state index contributed by atoms with van der Waals surface area (Å²) in [6.07, 6.45) is 7.32. The van der Waals surface area contributed by atoms with Crippen molar-refractivity contribution < 1.29 is 13.9 Å². The number of anilines is 3. The zero-order chi connectivity index (χ0) is 24.4.